The summed E-state index contributed by atoms with van der Waals surface area (Å²) in [6.45, 7) is 1.89. The summed E-state index contributed by atoms with van der Waals surface area (Å²) in [5.74, 6) is 0.717. The average molecular weight is 328 g/mol. The van der Waals surface area contributed by atoms with Crippen LogP contribution in [0, 0.1) is 5.82 Å². The number of benzene rings is 1. The molecular weight excluding hydrogens is 311 g/mol. The van der Waals surface area contributed by atoms with Crippen molar-refractivity contribution in [2.24, 2.45) is 0 Å². The van der Waals surface area contributed by atoms with Gasteiger partial charge in [0, 0.05) is 12.4 Å². The monoisotopic (exact) mass is 328 g/mol. The second kappa shape index (κ2) is 6.53. The highest BCUT2D eigenvalue weighted by molar-refractivity contribution is 5.69. The predicted molar refractivity (Wildman–Crippen MR) is 88.6 cm³/mol. The second-order valence-electron chi connectivity index (χ2n) is 5.17. The number of nitrogens with zero attached hydrogens (tertiary/aromatic N) is 4. The molecule has 0 aliphatic carbocycles. The summed E-state index contributed by atoms with van der Waals surface area (Å²) < 4.78 is 20.3. The van der Waals surface area contributed by atoms with Crippen molar-refractivity contribution in [2.45, 2.75) is 13.0 Å². The third-order valence-electron chi connectivity index (χ3n) is 3.61. The maximum atomic E-state index is 13.9. The van der Waals surface area contributed by atoms with Gasteiger partial charge in [0.25, 0.3) is 0 Å². The van der Waals surface area contributed by atoms with Gasteiger partial charge in [-0.2, -0.15) is 5.10 Å². The number of methoxy groups -OCH3 is 1. The Kier molecular flexibility index (Phi) is 4.28. The summed E-state index contributed by atoms with van der Waals surface area (Å²) in [5.41, 5.74) is 7.24. The quantitative estimate of drug-likeness (QED) is 0.748. The molecular formula is C16H17FN6O. The number of anilines is 2. The van der Waals surface area contributed by atoms with Gasteiger partial charge in [0.15, 0.2) is 23.2 Å². The Balaban J connectivity index is 1.86. The highest BCUT2D eigenvalue weighted by Gasteiger charge is 2.14. The van der Waals surface area contributed by atoms with Gasteiger partial charge in [0.05, 0.1) is 13.2 Å². The van der Waals surface area contributed by atoms with Gasteiger partial charge >= 0.3 is 0 Å². The largest absolute Gasteiger partial charge is 0.494 e. The van der Waals surface area contributed by atoms with Crippen molar-refractivity contribution in [1.29, 1.82) is 0 Å². The molecule has 7 nitrogen and oxygen atoms in total. The first-order chi connectivity index (χ1) is 11.6. The Morgan fingerprint density at radius 2 is 2.17 bits per heavy atom. The minimum absolute atomic E-state index is 0.202. The van der Waals surface area contributed by atoms with E-state index in [0.29, 0.717) is 17.3 Å². The van der Waals surface area contributed by atoms with Crippen LogP contribution in [0.2, 0.25) is 0 Å². The third kappa shape index (κ3) is 2.98. The molecule has 0 fully saturated rings. The van der Waals surface area contributed by atoms with Crippen molar-refractivity contribution in [3.8, 4) is 11.6 Å². The highest BCUT2D eigenvalue weighted by atomic mass is 19.1. The van der Waals surface area contributed by atoms with Gasteiger partial charge in [-0.25, -0.2) is 19.0 Å². The number of rotatable bonds is 5. The lowest BCUT2D eigenvalue weighted by atomic mass is 10.1. The smallest absolute Gasteiger partial charge is 0.181 e. The van der Waals surface area contributed by atoms with Gasteiger partial charge in [0.1, 0.15) is 12.0 Å². The fourth-order valence-corrected chi connectivity index (χ4v) is 2.32. The van der Waals surface area contributed by atoms with E-state index in [2.05, 4.69) is 20.4 Å². The summed E-state index contributed by atoms with van der Waals surface area (Å²) in [7, 11) is 1.43. The first-order valence-corrected chi connectivity index (χ1v) is 7.30. The molecule has 0 saturated carbocycles. The Hall–Kier alpha value is -3.16. The van der Waals surface area contributed by atoms with Gasteiger partial charge in [-0.3, -0.25) is 0 Å². The van der Waals surface area contributed by atoms with Gasteiger partial charge in [-0.15, -0.1) is 0 Å². The molecule has 0 spiro atoms. The first-order valence-electron chi connectivity index (χ1n) is 7.30. The number of ether oxygens (including phenoxy) is 1. The van der Waals surface area contributed by atoms with Gasteiger partial charge in [-0.05, 0) is 30.7 Å². The Labute approximate surface area is 138 Å². The molecule has 0 aliphatic rings. The van der Waals surface area contributed by atoms with Crippen molar-refractivity contribution in [3.63, 3.8) is 0 Å². The molecule has 2 aromatic heterocycles. The fraction of sp³-hybridized carbons (Fsp3) is 0.188. The topological polar surface area (TPSA) is 90.9 Å². The maximum absolute atomic E-state index is 13.9. The molecule has 0 bridgehead atoms. The molecule has 124 valence electrons. The molecule has 0 saturated heterocycles. The first kappa shape index (κ1) is 15.7. The van der Waals surface area contributed by atoms with Crippen molar-refractivity contribution in [3.05, 3.63) is 54.4 Å². The third-order valence-corrected chi connectivity index (χ3v) is 3.61. The number of nitrogens with one attached hydrogen (secondary N) is 1. The van der Waals surface area contributed by atoms with Crippen LogP contribution in [0.4, 0.5) is 15.9 Å². The molecule has 0 radical (unpaired) electrons. The van der Waals surface area contributed by atoms with E-state index in [-0.39, 0.29) is 11.8 Å². The van der Waals surface area contributed by atoms with E-state index in [4.69, 9.17) is 10.5 Å². The predicted octanol–water partition coefficient (Wildman–Crippen LogP) is 2.57. The Morgan fingerprint density at radius 3 is 2.83 bits per heavy atom. The normalized spacial score (nSPS) is 12.0. The van der Waals surface area contributed by atoms with Crippen LogP contribution in [0.5, 0.6) is 5.75 Å². The fourth-order valence-electron chi connectivity index (χ4n) is 2.32. The molecule has 1 atom stereocenters. The summed E-state index contributed by atoms with van der Waals surface area (Å²) in [5, 5.41) is 7.28. The molecule has 2 heterocycles. The van der Waals surface area contributed by atoms with Crippen LogP contribution in [0.3, 0.4) is 0 Å². The number of halogens is 1. The number of hydrogen-bond acceptors (Lipinski definition) is 6. The van der Waals surface area contributed by atoms with Crippen LogP contribution >= 0.6 is 0 Å². The highest BCUT2D eigenvalue weighted by Crippen LogP contribution is 2.27. The van der Waals surface area contributed by atoms with E-state index in [0.717, 1.165) is 5.56 Å². The van der Waals surface area contributed by atoms with E-state index in [1.54, 1.807) is 35.3 Å². The SMILES string of the molecule is COc1ccc([C@H](C)Nc2ncnc(-n3cccn3)c2N)cc1F. The number of aromatic nitrogens is 4. The molecule has 0 amide bonds. The van der Waals surface area contributed by atoms with Gasteiger partial charge in [-0.1, -0.05) is 6.07 Å². The molecule has 24 heavy (non-hydrogen) atoms. The molecule has 3 aromatic rings. The molecule has 1 aromatic carbocycles. The summed E-state index contributed by atoms with van der Waals surface area (Å²) in [6.07, 6.45) is 4.78. The minimum atomic E-state index is -0.420. The lowest BCUT2D eigenvalue weighted by molar-refractivity contribution is 0.386. The summed E-state index contributed by atoms with van der Waals surface area (Å²) in [4.78, 5) is 8.31. The molecule has 3 N–H and O–H groups in total. The number of hydrogen-bond donors (Lipinski definition) is 2. The Bertz CT molecular complexity index is 837. The van der Waals surface area contributed by atoms with E-state index in [1.807, 2.05) is 6.92 Å². The number of nitrogens with two attached hydrogens (primary N) is 1. The second-order valence-corrected chi connectivity index (χ2v) is 5.17. The van der Waals surface area contributed by atoms with Crippen molar-refractivity contribution in [2.75, 3.05) is 18.2 Å². The van der Waals surface area contributed by atoms with E-state index in [9.17, 15) is 4.39 Å². The number of nitrogen functional groups attached to an aromatic ring is 1. The van der Waals surface area contributed by atoms with Crippen LogP contribution in [-0.2, 0) is 0 Å². The molecule has 0 unspecified atom stereocenters. The van der Waals surface area contributed by atoms with E-state index in [1.165, 1.54) is 19.5 Å². The van der Waals surface area contributed by atoms with E-state index < -0.39 is 5.82 Å². The maximum Gasteiger partial charge on any atom is 0.181 e. The van der Waals surface area contributed by atoms with Crippen LogP contribution in [-0.4, -0.2) is 26.9 Å². The summed E-state index contributed by atoms with van der Waals surface area (Å²) in [6, 6.07) is 6.35. The standard InChI is InChI=1S/C16H17FN6O/c1-10(11-4-5-13(24-2)12(17)8-11)22-15-14(18)16(20-9-19-15)23-7-3-6-21-23/h3-10H,18H2,1-2H3,(H,19,20,22)/t10-/m0/s1. The zero-order chi connectivity index (χ0) is 17.1. The molecule has 3 rings (SSSR count). The molecule has 0 aliphatic heterocycles. The minimum Gasteiger partial charge on any atom is -0.494 e. The van der Waals surface area contributed by atoms with Crippen LogP contribution in [0.25, 0.3) is 5.82 Å². The van der Waals surface area contributed by atoms with Crippen molar-refractivity contribution in [1.82, 2.24) is 19.7 Å². The van der Waals surface area contributed by atoms with Gasteiger partial charge < -0.3 is 15.8 Å². The Morgan fingerprint density at radius 1 is 1.33 bits per heavy atom. The van der Waals surface area contributed by atoms with Crippen molar-refractivity contribution >= 4 is 11.5 Å². The van der Waals surface area contributed by atoms with Crippen LogP contribution in [0.15, 0.2) is 43.0 Å². The van der Waals surface area contributed by atoms with Gasteiger partial charge in [0.2, 0.25) is 0 Å². The van der Waals surface area contributed by atoms with Crippen molar-refractivity contribution < 1.29 is 9.13 Å². The lowest BCUT2D eigenvalue weighted by Gasteiger charge is -2.17. The van der Waals surface area contributed by atoms with Crippen LogP contribution in [0.1, 0.15) is 18.5 Å². The lowest BCUT2D eigenvalue weighted by Crippen LogP contribution is -2.13. The average Bonchev–Trinajstić information content (AvgIpc) is 3.11. The zero-order valence-electron chi connectivity index (χ0n) is 13.3. The zero-order valence-corrected chi connectivity index (χ0v) is 13.3. The summed E-state index contributed by atoms with van der Waals surface area (Å²) >= 11 is 0. The van der Waals surface area contributed by atoms with Crippen LogP contribution < -0.4 is 15.8 Å². The van der Waals surface area contributed by atoms with E-state index >= 15 is 0 Å². The molecule has 8 heteroatoms.